The summed E-state index contributed by atoms with van der Waals surface area (Å²) < 4.78 is 2.34. The lowest BCUT2D eigenvalue weighted by molar-refractivity contribution is 0.590. The van der Waals surface area contributed by atoms with Crippen LogP contribution in [0, 0.1) is 13.8 Å². The number of rotatable bonds is 3. The lowest BCUT2D eigenvalue weighted by atomic mass is 9.87. The average molecular weight is 390 g/mol. The van der Waals surface area contributed by atoms with Crippen molar-refractivity contribution < 1.29 is 0 Å². The van der Waals surface area contributed by atoms with Crippen molar-refractivity contribution in [3.8, 4) is 5.69 Å². The smallest absolute Gasteiger partial charge is 0.126 e. The van der Waals surface area contributed by atoms with E-state index in [2.05, 4.69) is 104 Å². The van der Waals surface area contributed by atoms with E-state index in [9.17, 15) is 0 Å². The molecule has 4 heteroatoms. The first kappa shape index (κ1) is 18.9. The molecule has 0 aliphatic carbocycles. The summed E-state index contributed by atoms with van der Waals surface area (Å²) in [5.74, 6) is 0. The standard InChI is InChI=1S/C24H27N3S/c1-16-15-21(23-26-25-22(28-23)18-9-7-6-8-10-18)17(2)27(16)20-13-11-19(12-14-20)24(3,4)5/h6-15,23,26H,1-5H3/t23-/m0/s1. The van der Waals surface area contributed by atoms with E-state index in [0.29, 0.717) is 0 Å². The van der Waals surface area contributed by atoms with Crippen molar-refractivity contribution in [1.82, 2.24) is 9.99 Å². The monoisotopic (exact) mass is 389 g/mol. The van der Waals surface area contributed by atoms with Crippen LogP contribution in [0.4, 0.5) is 0 Å². The molecule has 4 rings (SSSR count). The number of benzene rings is 2. The largest absolute Gasteiger partial charge is 0.318 e. The molecule has 1 aromatic heterocycles. The summed E-state index contributed by atoms with van der Waals surface area (Å²) in [7, 11) is 0. The van der Waals surface area contributed by atoms with Crippen LogP contribution >= 0.6 is 11.8 Å². The number of hydrogen-bond donors (Lipinski definition) is 1. The summed E-state index contributed by atoms with van der Waals surface area (Å²) in [6.07, 6.45) is 0. The minimum Gasteiger partial charge on any atom is -0.318 e. The highest BCUT2D eigenvalue weighted by molar-refractivity contribution is 8.14. The van der Waals surface area contributed by atoms with E-state index in [4.69, 9.17) is 0 Å². The van der Waals surface area contributed by atoms with E-state index in [1.54, 1.807) is 11.8 Å². The van der Waals surface area contributed by atoms with Gasteiger partial charge in [-0.25, -0.2) is 0 Å². The first-order chi connectivity index (χ1) is 13.3. The molecule has 3 aromatic rings. The number of aryl methyl sites for hydroxylation is 1. The summed E-state index contributed by atoms with van der Waals surface area (Å²) >= 11 is 1.78. The molecular formula is C24H27N3S. The van der Waals surface area contributed by atoms with Gasteiger partial charge in [-0.3, -0.25) is 5.43 Å². The van der Waals surface area contributed by atoms with Gasteiger partial charge in [0.2, 0.25) is 0 Å². The molecular weight excluding hydrogens is 362 g/mol. The Kier molecular flexibility index (Phi) is 4.84. The number of hydrogen-bond acceptors (Lipinski definition) is 3. The van der Waals surface area contributed by atoms with Gasteiger partial charge in [0.05, 0.1) is 0 Å². The molecule has 0 fully saturated rings. The summed E-state index contributed by atoms with van der Waals surface area (Å²) in [4.78, 5) is 0. The van der Waals surface area contributed by atoms with Gasteiger partial charge in [0.15, 0.2) is 0 Å². The zero-order chi connectivity index (χ0) is 19.9. The average Bonchev–Trinajstić information content (AvgIpc) is 3.27. The lowest BCUT2D eigenvalue weighted by Gasteiger charge is -2.20. The van der Waals surface area contributed by atoms with Gasteiger partial charge in [-0.2, -0.15) is 5.10 Å². The van der Waals surface area contributed by atoms with Crippen LogP contribution in [0.25, 0.3) is 5.69 Å². The van der Waals surface area contributed by atoms with E-state index in [1.807, 2.05) is 6.07 Å². The van der Waals surface area contributed by atoms with Crippen LogP contribution in [0.15, 0.2) is 65.8 Å². The van der Waals surface area contributed by atoms with Crippen LogP contribution in [0.5, 0.6) is 0 Å². The molecule has 1 aliphatic rings. The fraction of sp³-hybridized carbons (Fsp3) is 0.292. The maximum absolute atomic E-state index is 4.58. The molecule has 1 atom stereocenters. The van der Waals surface area contributed by atoms with Crippen LogP contribution in [0.3, 0.4) is 0 Å². The van der Waals surface area contributed by atoms with Crippen molar-refractivity contribution >= 4 is 16.8 Å². The molecule has 2 heterocycles. The highest BCUT2D eigenvalue weighted by Gasteiger charge is 2.26. The molecule has 0 amide bonds. The Balaban J connectivity index is 1.60. The first-order valence-corrected chi connectivity index (χ1v) is 10.6. The number of hydrazone groups is 1. The van der Waals surface area contributed by atoms with E-state index < -0.39 is 0 Å². The third-order valence-electron chi connectivity index (χ3n) is 5.28. The Bertz CT molecular complexity index is 1010. The molecule has 0 unspecified atom stereocenters. The molecule has 0 saturated carbocycles. The highest BCUT2D eigenvalue weighted by atomic mass is 32.2. The minimum atomic E-state index is 0.143. The Morgan fingerprint density at radius 2 is 1.64 bits per heavy atom. The molecule has 1 aliphatic heterocycles. The summed E-state index contributed by atoms with van der Waals surface area (Å²) in [5, 5.41) is 5.76. The molecule has 2 aromatic carbocycles. The molecule has 0 saturated heterocycles. The van der Waals surface area contributed by atoms with Gasteiger partial charge < -0.3 is 4.57 Å². The second-order valence-electron chi connectivity index (χ2n) is 8.37. The van der Waals surface area contributed by atoms with E-state index in [1.165, 1.54) is 28.2 Å². The summed E-state index contributed by atoms with van der Waals surface area (Å²) in [6.45, 7) is 11.1. The molecule has 0 radical (unpaired) electrons. The predicted octanol–water partition coefficient (Wildman–Crippen LogP) is 6.09. The quantitative estimate of drug-likeness (QED) is 0.587. The molecule has 0 bridgehead atoms. The van der Waals surface area contributed by atoms with E-state index in [0.717, 1.165) is 10.6 Å². The van der Waals surface area contributed by atoms with Crippen molar-refractivity contribution in [2.24, 2.45) is 5.10 Å². The SMILES string of the molecule is Cc1cc([C@H]2NN=C(c3ccccc3)S2)c(C)n1-c1ccc(C(C)(C)C)cc1. The van der Waals surface area contributed by atoms with Gasteiger partial charge in [0, 0.05) is 28.2 Å². The number of nitrogens with one attached hydrogen (secondary N) is 1. The zero-order valence-corrected chi connectivity index (χ0v) is 18.0. The summed E-state index contributed by atoms with van der Waals surface area (Å²) in [6, 6.07) is 21.6. The van der Waals surface area contributed by atoms with Crippen molar-refractivity contribution in [2.45, 2.75) is 45.4 Å². The maximum Gasteiger partial charge on any atom is 0.126 e. The fourth-order valence-corrected chi connectivity index (χ4v) is 4.76. The summed E-state index contributed by atoms with van der Waals surface area (Å²) in [5.41, 5.74) is 11.0. The molecule has 28 heavy (non-hydrogen) atoms. The molecule has 1 N–H and O–H groups in total. The third kappa shape index (κ3) is 3.49. The minimum absolute atomic E-state index is 0.143. The number of nitrogens with zero attached hydrogens (tertiary/aromatic N) is 2. The molecule has 144 valence electrons. The van der Waals surface area contributed by atoms with Crippen LogP contribution in [-0.4, -0.2) is 9.61 Å². The van der Waals surface area contributed by atoms with E-state index >= 15 is 0 Å². The second kappa shape index (κ2) is 7.17. The van der Waals surface area contributed by atoms with Gasteiger partial charge >= 0.3 is 0 Å². The Labute approximate surface area is 171 Å². The highest BCUT2D eigenvalue weighted by Crippen LogP contribution is 2.37. The van der Waals surface area contributed by atoms with Crippen LogP contribution in [0.1, 0.15) is 54.2 Å². The van der Waals surface area contributed by atoms with E-state index in [-0.39, 0.29) is 10.8 Å². The van der Waals surface area contributed by atoms with Gasteiger partial charge in [0.1, 0.15) is 10.4 Å². The van der Waals surface area contributed by atoms with Gasteiger partial charge in [-0.05, 0) is 43.0 Å². The van der Waals surface area contributed by atoms with Crippen molar-refractivity contribution in [1.29, 1.82) is 0 Å². The third-order valence-corrected chi connectivity index (χ3v) is 6.42. The van der Waals surface area contributed by atoms with Crippen LogP contribution < -0.4 is 5.43 Å². The normalized spacial score (nSPS) is 16.8. The predicted molar refractivity (Wildman–Crippen MR) is 120 cm³/mol. The van der Waals surface area contributed by atoms with Crippen molar-refractivity contribution in [3.63, 3.8) is 0 Å². The lowest BCUT2D eigenvalue weighted by Crippen LogP contribution is -2.11. The van der Waals surface area contributed by atoms with Gasteiger partial charge in [-0.15, -0.1) is 0 Å². The topological polar surface area (TPSA) is 29.3 Å². The van der Waals surface area contributed by atoms with Gasteiger partial charge in [0.25, 0.3) is 0 Å². The fourth-order valence-electron chi connectivity index (χ4n) is 3.69. The Morgan fingerprint density at radius 3 is 2.29 bits per heavy atom. The molecule has 0 spiro atoms. The van der Waals surface area contributed by atoms with Crippen LogP contribution in [0.2, 0.25) is 0 Å². The van der Waals surface area contributed by atoms with Gasteiger partial charge in [-0.1, -0.05) is 75.0 Å². The number of aromatic nitrogens is 1. The Morgan fingerprint density at radius 1 is 0.964 bits per heavy atom. The number of thioether (sulfide) groups is 1. The zero-order valence-electron chi connectivity index (χ0n) is 17.2. The maximum atomic E-state index is 4.58. The molecule has 3 nitrogen and oxygen atoms in total. The van der Waals surface area contributed by atoms with Crippen molar-refractivity contribution in [3.05, 3.63) is 88.7 Å². The van der Waals surface area contributed by atoms with Crippen molar-refractivity contribution in [2.75, 3.05) is 0 Å². The van der Waals surface area contributed by atoms with Crippen LogP contribution in [-0.2, 0) is 5.41 Å². The first-order valence-electron chi connectivity index (χ1n) is 9.69. The Hall–Kier alpha value is -2.46. The second-order valence-corrected chi connectivity index (χ2v) is 9.46.